The summed E-state index contributed by atoms with van der Waals surface area (Å²) in [7, 11) is 0. The second kappa shape index (κ2) is 6.36. The van der Waals surface area contributed by atoms with Crippen molar-refractivity contribution in [3.63, 3.8) is 0 Å². The molecule has 2 heterocycles. The zero-order valence-electron chi connectivity index (χ0n) is 11.7. The normalized spacial score (nSPS) is 12.6. The van der Waals surface area contributed by atoms with Crippen molar-refractivity contribution < 1.29 is 4.74 Å². The van der Waals surface area contributed by atoms with E-state index in [9.17, 15) is 0 Å². The van der Waals surface area contributed by atoms with E-state index in [1.165, 1.54) is 0 Å². The summed E-state index contributed by atoms with van der Waals surface area (Å²) in [5, 5.41) is 3.17. The Morgan fingerprint density at radius 3 is 2.89 bits per heavy atom. The van der Waals surface area contributed by atoms with Gasteiger partial charge in [0, 0.05) is 6.54 Å². The summed E-state index contributed by atoms with van der Waals surface area (Å²) >= 11 is 0. The van der Waals surface area contributed by atoms with Crippen LogP contribution >= 0.6 is 0 Å². The number of imidazole rings is 1. The minimum Gasteiger partial charge on any atom is -0.473 e. The highest BCUT2D eigenvalue weighted by Gasteiger charge is 2.13. The van der Waals surface area contributed by atoms with Crippen LogP contribution in [0.2, 0.25) is 0 Å². The van der Waals surface area contributed by atoms with Gasteiger partial charge in [0.2, 0.25) is 11.8 Å². The SMILES string of the molecule is CCCNc1nc(OC(C)CCC)c2[nH]cnc2n1. The first kappa shape index (κ1) is 13.6. The minimum atomic E-state index is 0.130. The van der Waals surface area contributed by atoms with Crippen LogP contribution in [-0.4, -0.2) is 32.6 Å². The fraction of sp³-hybridized carbons (Fsp3) is 0.615. The van der Waals surface area contributed by atoms with Gasteiger partial charge in [0.25, 0.3) is 0 Å². The molecule has 2 N–H and O–H groups in total. The number of nitrogens with one attached hydrogen (secondary N) is 2. The van der Waals surface area contributed by atoms with Crippen LogP contribution in [0.15, 0.2) is 6.33 Å². The van der Waals surface area contributed by atoms with E-state index in [0.29, 0.717) is 17.5 Å². The lowest BCUT2D eigenvalue weighted by Crippen LogP contribution is -2.14. The number of nitrogens with zero attached hydrogens (tertiary/aromatic N) is 3. The second-order valence-electron chi connectivity index (χ2n) is 4.60. The maximum absolute atomic E-state index is 5.88. The van der Waals surface area contributed by atoms with Crippen molar-refractivity contribution in [1.82, 2.24) is 19.9 Å². The molecule has 0 amide bonds. The maximum atomic E-state index is 5.88. The fourth-order valence-electron chi connectivity index (χ4n) is 1.86. The molecule has 0 aliphatic heterocycles. The molecule has 2 aromatic rings. The van der Waals surface area contributed by atoms with Gasteiger partial charge in [-0.3, -0.25) is 0 Å². The third kappa shape index (κ3) is 3.33. The molecule has 6 heteroatoms. The van der Waals surface area contributed by atoms with E-state index in [2.05, 4.69) is 39.1 Å². The van der Waals surface area contributed by atoms with E-state index in [0.717, 1.165) is 31.3 Å². The van der Waals surface area contributed by atoms with E-state index in [1.54, 1.807) is 6.33 Å². The molecular formula is C13H21N5O. The standard InChI is InChI=1S/C13H21N5O/c1-4-6-9(3)19-12-10-11(16-8-15-10)17-13(18-12)14-7-5-2/h8-9H,4-7H2,1-3H3,(H2,14,15,16,17,18). The highest BCUT2D eigenvalue weighted by Crippen LogP contribution is 2.22. The molecular weight excluding hydrogens is 242 g/mol. The Kier molecular flexibility index (Phi) is 4.54. The van der Waals surface area contributed by atoms with Crippen LogP contribution in [0.4, 0.5) is 5.95 Å². The van der Waals surface area contributed by atoms with Crippen molar-refractivity contribution in [3.8, 4) is 5.88 Å². The zero-order chi connectivity index (χ0) is 13.7. The molecule has 1 atom stereocenters. The van der Waals surface area contributed by atoms with E-state index in [-0.39, 0.29) is 6.10 Å². The van der Waals surface area contributed by atoms with Crippen molar-refractivity contribution >= 4 is 17.1 Å². The number of aromatic nitrogens is 4. The summed E-state index contributed by atoms with van der Waals surface area (Å²) in [6.45, 7) is 7.12. The van der Waals surface area contributed by atoms with Gasteiger partial charge in [-0.05, 0) is 19.8 Å². The van der Waals surface area contributed by atoms with E-state index >= 15 is 0 Å². The highest BCUT2D eigenvalue weighted by atomic mass is 16.5. The number of H-pyrrole nitrogens is 1. The summed E-state index contributed by atoms with van der Waals surface area (Å²) in [6.07, 6.45) is 4.84. The number of ether oxygens (including phenoxy) is 1. The molecule has 0 aromatic carbocycles. The van der Waals surface area contributed by atoms with Gasteiger partial charge in [0.1, 0.15) is 5.52 Å². The van der Waals surface area contributed by atoms with Crippen molar-refractivity contribution in [2.45, 2.75) is 46.1 Å². The molecule has 104 valence electrons. The lowest BCUT2D eigenvalue weighted by Gasteiger charge is -2.14. The molecule has 6 nitrogen and oxygen atoms in total. The molecule has 0 saturated heterocycles. The molecule has 1 unspecified atom stereocenters. The van der Waals surface area contributed by atoms with Crippen LogP contribution in [0.5, 0.6) is 5.88 Å². The number of aromatic amines is 1. The van der Waals surface area contributed by atoms with Gasteiger partial charge < -0.3 is 15.0 Å². The predicted octanol–water partition coefficient (Wildman–Crippen LogP) is 2.74. The van der Waals surface area contributed by atoms with Gasteiger partial charge in [-0.1, -0.05) is 20.3 Å². The lowest BCUT2D eigenvalue weighted by molar-refractivity contribution is 0.204. The molecule has 0 fully saturated rings. The van der Waals surface area contributed by atoms with E-state index in [1.807, 2.05) is 6.92 Å². The van der Waals surface area contributed by atoms with Gasteiger partial charge in [-0.25, -0.2) is 4.98 Å². The molecule has 0 bridgehead atoms. The molecule has 0 spiro atoms. The third-order valence-corrected chi connectivity index (χ3v) is 2.79. The van der Waals surface area contributed by atoms with Gasteiger partial charge in [-0.2, -0.15) is 9.97 Å². The number of hydrogen-bond acceptors (Lipinski definition) is 5. The van der Waals surface area contributed by atoms with Crippen LogP contribution in [-0.2, 0) is 0 Å². The molecule has 0 aliphatic carbocycles. The molecule has 2 aromatic heterocycles. The summed E-state index contributed by atoms with van der Waals surface area (Å²) in [6, 6.07) is 0. The number of fused-ring (bicyclic) bond motifs is 1. The van der Waals surface area contributed by atoms with Gasteiger partial charge in [0.05, 0.1) is 12.4 Å². The first-order valence-electron chi connectivity index (χ1n) is 6.86. The zero-order valence-corrected chi connectivity index (χ0v) is 11.7. The topological polar surface area (TPSA) is 75.7 Å². The smallest absolute Gasteiger partial charge is 0.245 e. The molecule has 0 radical (unpaired) electrons. The Morgan fingerprint density at radius 1 is 1.32 bits per heavy atom. The molecule has 2 rings (SSSR count). The van der Waals surface area contributed by atoms with Crippen LogP contribution in [0.3, 0.4) is 0 Å². The largest absolute Gasteiger partial charge is 0.473 e. The minimum absolute atomic E-state index is 0.130. The Hall–Kier alpha value is -1.85. The molecule has 0 saturated carbocycles. The molecule has 19 heavy (non-hydrogen) atoms. The number of rotatable bonds is 7. The van der Waals surface area contributed by atoms with Crippen molar-refractivity contribution in [2.75, 3.05) is 11.9 Å². The Balaban J connectivity index is 2.25. The van der Waals surface area contributed by atoms with E-state index in [4.69, 9.17) is 4.74 Å². The maximum Gasteiger partial charge on any atom is 0.245 e. The predicted molar refractivity (Wildman–Crippen MR) is 75.5 cm³/mol. The summed E-state index contributed by atoms with van der Waals surface area (Å²) in [4.78, 5) is 16.0. The van der Waals surface area contributed by atoms with Gasteiger partial charge in [-0.15, -0.1) is 0 Å². The fourth-order valence-corrected chi connectivity index (χ4v) is 1.86. The number of anilines is 1. The summed E-state index contributed by atoms with van der Waals surface area (Å²) in [5.41, 5.74) is 1.39. The van der Waals surface area contributed by atoms with E-state index < -0.39 is 0 Å². The van der Waals surface area contributed by atoms with Crippen molar-refractivity contribution in [3.05, 3.63) is 6.33 Å². The third-order valence-electron chi connectivity index (χ3n) is 2.79. The van der Waals surface area contributed by atoms with Crippen LogP contribution in [0, 0.1) is 0 Å². The first-order chi connectivity index (χ1) is 9.24. The Bertz CT molecular complexity index is 525. The average molecular weight is 263 g/mol. The quantitative estimate of drug-likeness (QED) is 0.803. The first-order valence-corrected chi connectivity index (χ1v) is 6.86. The summed E-state index contributed by atoms with van der Waals surface area (Å²) in [5.74, 6) is 1.14. The Labute approximate surface area is 113 Å². The second-order valence-corrected chi connectivity index (χ2v) is 4.60. The summed E-state index contributed by atoms with van der Waals surface area (Å²) < 4.78 is 5.88. The monoisotopic (exact) mass is 263 g/mol. The highest BCUT2D eigenvalue weighted by molar-refractivity contribution is 5.76. The van der Waals surface area contributed by atoms with Crippen LogP contribution < -0.4 is 10.1 Å². The van der Waals surface area contributed by atoms with Gasteiger partial charge in [0.15, 0.2) is 5.65 Å². The lowest BCUT2D eigenvalue weighted by atomic mass is 10.2. The van der Waals surface area contributed by atoms with Crippen molar-refractivity contribution in [1.29, 1.82) is 0 Å². The van der Waals surface area contributed by atoms with Gasteiger partial charge >= 0.3 is 0 Å². The molecule has 0 aliphatic rings. The average Bonchev–Trinajstić information content (AvgIpc) is 2.85. The number of hydrogen-bond donors (Lipinski definition) is 2. The Morgan fingerprint density at radius 2 is 2.16 bits per heavy atom. The van der Waals surface area contributed by atoms with Crippen molar-refractivity contribution in [2.24, 2.45) is 0 Å². The van der Waals surface area contributed by atoms with Crippen LogP contribution in [0.1, 0.15) is 40.0 Å². The van der Waals surface area contributed by atoms with Crippen LogP contribution in [0.25, 0.3) is 11.2 Å².